The Morgan fingerprint density at radius 1 is 1.52 bits per heavy atom. The number of carbonyl (C=O) groups is 1. The van der Waals surface area contributed by atoms with Gasteiger partial charge in [-0.1, -0.05) is 42.0 Å². The van der Waals surface area contributed by atoms with Gasteiger partial charge in [0.25, 0.3) is 5.56 Å². The molecule has 0 spiro atoms. The number of hydrogen-bond donors (Lipinski definition) is 4. The molecule has 1 unspecified atom stereocenters. The van der Waals surface area contributed by atoms with Crippen LogP contribution < -0.4 is 10.9 Å². The quantitative estimate of drug-likeness (QED) is 0.434. The molecule has 0 saturated carbocycles. The smallest absolute Gasteiger partial charge is 0.280 e. The Kier molecular flexibility index (Phi) is 7.00. The molecule has 11 nitrogen and oxygen atoms in total. The van der Waals surface area contributed by atoms with E-state index in [1.807, 2.05) is 0 Å². The third-order valence-corrected chi connectivity index (χ3v) is 10.7. The molecule has 12 heteroatoms. The first-order valence-corrected chi connectivity index (χ1v) is 13.5. The van der Waals surface area contributed by atoms with Crippen LogP contribution in [0, 0.1) is 5.92 Å². The van der Waals surface area contributed by atoms with Crippen LogP contribution >= 0.6 is 0 Å². The molecule has 0 bridgehead atoms. The fourth-order valence-electron chi connectivity index (χ4n) is 3.16. The van der Waals surface area contributed by atoms with E-state index in [-0.39, 0.29) is 40.6 Å². The molecule has 0 aromatic carbocycles. The van der Waals surface area contributed by atoms with Crippen molar-refractivity contribution in [3.05, 3.63) is 16.7 Å². The number of rotatable bonds is 7. The zero-order valence-electron chi connectivity index (χ0n) is 22.5. The minimum Gasteiger partial charge on any atom is -0.407 e. The fraction of sp³-hybridized carbons (Fsp3) is 0.714. The molecule has 4 N–H and O–H groups in total. The molecule has 3 heterocycles. The van der Waals surface area contributed by atoms with E-state index in [1.165, 1.54) is 18.3 Å². The normalized spacial score (nSPS) is 24.3. The second-order valence-corrected chi connectivity index (χ2v) is 14.7. The van der Waals surface area contributed by atoms with Crippen LogP contribution in [0.15, 0.2) is 11.1 Å². The molecule has 186 valence electrons. The second kappa shape index (κ2) is 9.62. The number of carbonyl (C=O) groups excluding carboxylic acids is 1. The highest BCUT2D eigenvalue weighted by Gasteiger charge is 2.50. The van der Waals surface area contributed by atoms with E-state index in [1.54, 1.807) is 13.8 Å². The molecule has 2 aromatic rings. The number of aromatic nitrogens is 4. The van der Waals surface area contributed by atoms with Gasteiger partial charge in [-0.15, -0.1) is 0 Å². The van der Waals surface area contributed by atoms with Crippen molar-refractivity contribution in [2.24, 2.45) is 5.92 Å². The average Bonchev–Trinajstić information content (AvgIpc) is 3.31. The van der Waals surface area contributed by atoms with Gasteiger partial charge < -0.3 is 19.4 Å². The van der Waals surface area contributed by atoms with Crippen LogP contribution in [0.1, 0.15) is 49.6 Å². The third kappa shape index (κ3) is 5.19. The summed E-state index contributed by atoms with van der Waals surface area (Å²) in [5.74, 6) is -0.625. The molecule has 1 saturated heterocycles. The molecule has 1 aliphatic heterocycles. The van der Waals surface area contributed by atoms with Crippen molar-refractivity contribution in [3.8, 4) is 0 Å². The number of hydrogen-bond acceptors (Lipinski definition) is 8. The number of aliphatic hydroxyl groups is 2. The highest BCUT2D eigenvalue weighted by atomic mass is 28.4. The second-order valence-electron chi connectivity index (χ2n) is 9.95. The highest BCUT2D eigenvalue weighted by Crippen LogP contribution is 2.42. The van der Waals surface area contributed by atoms with Gasteiger partial charge in [-0.2, -0.15) is 4.98 Å². The molecule has 1 amide bonds. The van der Waals surface area contributed by atoms with Crippen LogP contribution in [0.5, 0.6) is 0 Å². The lowest BCUT2D eigenvalue weighted by Crippen LogP contribution is -2.48. The molecular formula is C21H37N5O6Si. The van der Waals surface area contributed by atoms with E-state index in [0.717, 1.165) is 0 Å². The van der Waals surface area contributed by atoms with E-state index in [0.29, 0.717) is 0 Å². The third-order valence-electron chi connectivity index (χ3n) is 6.19. The Morgan fingerprint density at radius 2 is 2.18 bits per heavy atom. The molecule has 0 radical (unpaired) electrons. The first-order valence-electron chi connectivity index (χ1n) is 12.0. The van der Waals surface area contributed by atoms with Gasteiger partial charge >= 0.3 is 0 Å². The summed E-state index contributed by atoms with van der Waals surface area (Å²) in [6.45, 7) is 13.6. The zero-order valence-corrected chi connectivity index (χ0v) is 21.5. The van der Waals surface area contributed by atoms with Crippen molar-refractivity contribution in [1.82, 2.24) is 19.5 Å². The maximum atomic E-state index is 12.6. The predicted molar refractivity (Wildman–Crippen MR) is 127 cm³/mol. The van der Waals surface area contributed by atoms with E-state index in [4.69, 9.17) is 12.0 Å². The lowest BCUT2D eigenvalue weighted by molar-refractivity contribution is -0.118. The number of amides is 1. The number of nitrogens with one attached hydrogen (secondary N) is 2. The first kappa shape index (κ1) is 24.0. The maximum Gasteiger partial charge on any atom is 0.280 e. The number of H-pyrrole nitrogens is 1. The van der Waals surface area contributed by atoms with Gasteiger partial charge in [-0.3, -0.25) is 24.5 Å². The van der Waals surface area contributed by atoms with Gasteiger partial charge in [0, 0.05) is 7.29 Å². The predicted octanol–water partition coefficient (Wildman–Crippen LogP) is 1.99. The number of imidazole rings is 1. The van der Waals surface area contributed by atoms with Crippen molar-refractivity contribution >= 4 is 31.3 Å². The molecule has 2 aromatic heterocycles. The van der Waals surface area contributed by atoms with E-state index >= 15 is 0 Å². The lowest BCUT2D eigenvalue weighted by atomic mass is 10.1. The average molecular weight is 487 g/mol. The number of aliphatic hydroxyl groups excluding tert-OH is 2. The number of anilines is 1. The maximum absolute atomic E-state index is 12.6. The van der Waals surface area contributed by atoms with Crippen LogP contribution in [0.3, 0.4) is 0 Å². The van der Waals surface area contributed by atoms with Gasteiger partial charge in [-0.25, -0.2) is 4.98 Å². The molecule has 0 aliphatic carbocycles. The summed E-state index contributed by atoms with van der Waals surface area (Å²) in [4.78, 5) is 35.7. The standard InChI is InChI=1S/C20H33N5O6Si.CH4/c1-10(2)16(28)23-19-22-15-12(17(29)24-19)21-9-25(15)18-14(13(27)11(8-26)30-18)31-32(6,7)20(3,4)5;/h9-11,13-14,18,26-27H,8H2,1-7H3,(H2,22,23,24,28,29);1H4/t11-,13?,14+,18-;/m1./s1/i26D;1T. The van der Waals surface area contributed by atoms with Crippen LogP contribution in [-0.2, 0) is 14.0 Å². The van der Waals surface area contributed by atoms with Gasteiger partial charge in [0.2, 0.25) is 13.3 Å². The zero-order chi connectivity index (χ0) is 26.7. The lowest BCUT2D eigenvalue weighted by Gasteiger charge is -2.40. The van der Waals surface area contributed by atoms with Crippen LogP contribution in [0.2, 0.25) is 18.1 Å². The van der Waals surface area contributed by atoms with Crippen LogP contribution in [0.4, 0.5) is 5.95 Å². The SMILES string of the molecule is [2H]OC[C@H]1O[C@@H](n2cnc3c(=O)[nH]c(NC(=O)C(C)C)nc32)[C@@H](O[Si](C)(C)C(C)(C)C)C1O.[3H]C. The fourth-order valence-corrected chi connectivity index (χ4v) is 4.45. The summed E-state index contributed by atoms with van der Waals surface area (Å²) >= 11 is 0. The van der Waals surface area contributed by atoms with Gasteiger partial charge in [0.1, 0.15) is 18.3 Å². The Morgan fingerprint density at radius 3 is 2.76 bits per heavy atom. The number of nitrogens with zero attached hydrogens (tertiary/aromatic N) is 3. The van der Waals surface area contributed by atoms with Crippen molar-refractivity contribution in [3.63, 3.8) is 0 Å². The van der Waals surface area contributed by atoms with Gasteiger partial charge in [-0.05, 0) is 18.1 Å². The van der Waals surface area contributed by atoms with Crippen LogP contribution in [0.25, 0.3) is 11.2 Å². The van der Waals surface area contributed by atoms with Crippen molar-refractivity contribution in [2.75, 3.05) is 11.9 Å². The Hall–Kier alpha value is -2.12. The number of fused-ring (bicyclic) bond motifs is 1. The van der Waals surface area contributed by atoms with Crippen molar-refractivity contribution < 1.29 is 25.5 Å². The summed E-state index contributed by atoms with van der Waals surface area (Å²) < 4.78 is 26.9. The first-order chi connectivity index (χ1) is 16.3. The minimum atomic E-state index is -2.35. The largest absolute Gasteiger partial charge is 0.407 e. The van der Waals surface area contributed by atoms with Crippen LogP contribution in [-0.4, -0.2) is 70.3 Å². The van der Waals surface area contributed by atoms with Crippen molar-refractivity contribution in [2.45, 2.75) is 84.7 Å². The van der Waals surface area contributed by atoms with Crippen molar-refractivity contribution in [1.29, 1.82) is 1.43 Å². The highest BCUT2D eigenvalue weighted by molar-refractivity contribution is 6.74. The summed E-state index contributed by atoms with van der Waals surface area (Å²) in [6.07, 6.45) is -2.18. The number of aromatic amines is 1. The topological polar surface area (TPSA) is 152 Å². The molecule has 4 atom stereocenters. The van der Waals surface area contributed by atoms with Gasteiger partial charge in [0.15, 0.2) is 25.7 Å². The molecule has 1 fully saturated rings. The van der Waals surface area contributed by atoms with E-state index in [9.17, 15) is 14.7 Å². The Labute approximate surface area is 197 Å². The summed E-state index contributed by atoms with van der Waals surface area (Å²) in [5.41, 5.74) is -0.294. The molecule has 1 aliphatic rings. The summed E-state index contributed by atoms with van der Waals surface area (Å²) in [7, 11) is -1.10. The Bertz CT molecular complexity index is 1070. The summed E-state index contributed by atoms with van der Waals surface area (Å²) in [6, 6.07) is 0. The van der Waals surface area contributed by atoms with E-state index in [2.05, 4.69) is 59.2 Å². The molecule has 33 heavy (non-hydrogen) atoms. The Balaban J connectivity index is 0.00000210. The summed E-state index contributed by atoms with van der Waals surface area (Å²) in [5, 5.41) is 17.9. The number of ether oxygens (including phenoxy) is 1. The van der Waals surface area contributed by atoms with Gasteiger partial charge in [0.05, 0.1) is 12.9 Å². The van der Waals surface area contributed by atoms with E-state index < -0.39 is 38.4 Å². The molecular weight excluding hydrogens is 446 g/mol. The molecule has 3 rings (SSSR count). The minimum absolute atomic E-state index is 0.0144. The monoisotopic (exact) mass is 486 g/mol.